The Morgan fingerprint density at radius 1 is 0.389 bits per heavy atom. The number of para-hydroxylation sites is 6. The molecule has 0 aliphatic carbocycles. The van der Waals surface area contributed by atoms with Crippen molar-refractivity contribution in [2.45, 2.75) is 5.41 Å². The third-order valence-electron chi connectivity index (χ3n) is 11.3. The molecule has 5 heteroatoms. The maximum absolute atomic E-state index is 6.97. The minimum Gasteiger partial charge on any atom is -0.457 e. The van der Waals surface area contributed by atoms with Crippen LogP contribution in [0.1, 0.15) is 22.3 Å². The monoisotopic (exact) mass is 728 g/mol. The lowest BCUT2D eigenvalue weighted by Crippen LogP contribution is -2.40. The lowest BCUT2D eigenvalue weighted by Gasteiger charge is -2.48. The molecule has 0 bridgehead atoms. The summed E-state index contributed by atoms with van der Waals surface area (Å²) in [7, 11) is 0. The largest absolute Gasteiger partial charge is 0.457 e. The van der Waals surface area contributed by atoms with E-state index in [4.69, 9.17) is 16.5 Å². The van der Waals surface area contributed by atoms with Gasteiger partial charge in [0, 0.05) is 39.1 Å². The zero-order valence-corrected chi connectivity index (χ0v) is 30.9. The molecular formula is C49H33N2OPS. The van der Waals surface area contributed by atoms with Gasteiger partial charge in [0.1, 0.15) is 11.5 Å². The Balaban J connectivity index is 1.20. The van der Waals surface area contributed by atoms with E-state index >= 15 is 0 Å². The molecule has 1 unspecified atom stereocenters. The summed E-state index contributed by atoms with van der Waals surface area (Å²) >= 11 is 6.97. The highest BCUT2D eigenvalue weighted by atomic mass is 32.4. The zero-order valence-electron chi connectivity index (χ0n) is 29.2. The first-order valence-corrected chi connectivity index (χ1v) is 21.1. The van der Waals surface area contributed by atoms with E-state index in [1.54, 1.807) is 0 Å². The van der Waals surface area contributed by atoms with E-state index in [0.717, 1.165) is 56.8 Å². The quantitative estimate of drug-likeness (QED) is 0.168. The number of nitrogens with zero attached hydrogens (tertiary/aromatic N) is 2. The van der Waals surface area contributed by atoms with Crippen LogP contribution < -0.4 is 30.5 Å². The second-order valence-corrected chi connectivity index (χ2v) is 18.3. The standard InChI is InChI=1S/C49H33N2OPS/c54-53(36-19-5-2-6-20-36)47-30-16-13-27-43(47)50(34-17-3-1-4-18-34)44-33-35(31-32-48(44)53)51-41-25-11-7-21-37(41)49(38-22-8-12-26-42(38)51)39-23-9-14-28-45(39)52-46-29-15-10-24-40(46)49/h1-33H. The predicted octanol–water partition coefficient (Wildman–Crippen LogP) is 11.5. The molecule has 3 aliphatic rings. The van der Waals surface area contributed by atoms with Crippen molar-refractivity contribution >= 4 is 67.9 Å². The normalized spacial score (nSPS) is 16.9. The van der Waals surface area contributed by atoms with Crippen molar-refractivity contribution in [2.24, 2.45) is 0 Å². The van der Waals surface area contributed by atoms with Gasteiger partial charge in [0.05, 0.1) is 28.2 Å². The van der Waals surface area contributed by atoms with Gasteiger partial charge in [-0.2, -0.15) is 0 Å². The number of ether oxygens (including phenoxy) is 1. The van der Waals surface area contributed by atoms with Crippen molar-refractivity contribution in [2.75, 3.05) is 9.80 Å². The molecule has 3 nitrogen and oxygen atoms in total. The van der Waals surface area contributed by atoms with Crippen molar-refractivity contribution in [3.05, 3.63) is 222 Å². The van der Waals surface area contributed by atoms with E-state index in [-0.39, 0.29) is 0 Å². The lowest BCUT2D eigenvalue weighted by molar-refractivity contribution is 0.434. The molecule has 3 aliphatic heterocycles. The van der Waals surface area contributed by atoms with Gasteiger partial charge in [-0.1, -0.05) is 151 Å². The molecule has 0 aromatic heterocycles. The highest BCUT2D eigenvalue weighted by molar-refractivity contribution is 8.25. The van der Waals surface area contributed by atoms with Gasteiger partial charge in [-0.05, 0) is 77.1 Å². The zero-order chi connectivity index (χ0) is 35.9. The summed E-state index contributed by atoms with van der Waals surface area (Å²) in [6.07, 6.45) is 0. The van der Waals surface area contributed by atoms with E-state index in [1.807, 2.05) is 0 Å². The summed E-state index contributed by atoms with van der Waals surface area (Å²) in [5, 5.41) is 3.60. The van der Waals surface area contributed by atoms with Crippen LogP contribution in [0, 0.1) is 0 Å². The molecule has 0 saturated heterocycles. The average Bonchev–Trinajstić information content (AvgIpc) is 3.24. The van der Waals surface area contributed by atoms with Crippen molar-refractivity contribution in [1.29, 1.82) is 0 Å². The summed E-state index contributed by atoms with van der Waals surface area (Å²) in [5.41, 5.74) is 10.8. The number of hydrogen-bond acceptors (Lipinski definition) is 4. The minimum absolute atomic E-state index is 0.590. The van der Waals surface area contributed by atoms with Crippen LogP contribution in [0.3, 0.4) is 0 Å². The Hall–Kier alpha value is -6.19. The van der Waals surface area contributed by atoms with Crippen molar-refractivity contribution in [1.82, 2.24) is 0 Å². The molecule has 8 aromatic carbocycles. The molecule has 8 aromatic rings. The molecule has 11 rings (SSSR count). The van der Waals surface area contributed by atoms with Gasteiger partial charge in [0.15, 0.2) is 0 Å². The van der Waals surface area contributed by atoms with Gasteiger partial charge in [-0.3, -0.25) is 0 Å². The highest BCUT2D eigenvalue weighted by Gasteiger charge is 2.51. The van der Waals surface area contributed by atoms with Crippen LogP contribution in [0.2, 0.25) is 0 Å². The molecule has 0 N–H and O–H groups in total. The summed E-state index contributed by atoms with van der Waals surface area (Å²) in [6.45, 7) is 0. The predicted molar refractivity (Wildman–Crippen MR) is 227 cm³/mol. The summed E-state index contributed by atoms with van der Waals surface area (Å²) in [5.74, 6) is 1.76. The summed E-state index contributed by atoms with van der Waals surface area (Å²) < 4.78 is 6.62. The van der Waals surface area contributed by atoms with Gasteiger partial charge in [0.25, 0.3) is 0 Å². The number of fused-ring (bicyclic) bond motifs is 10. The SMILES string of the molecule is S=P1(c2ccccc2)c2ccccc2N(c2ccccc2)c2cc(N3c4ccccc4C4(c5ccccc5Oc5ccccc54)c4ccccc43)ccc21. The molecule has 3 heterocycles. The fraction of sp³-hybridized carbons (Fsp3) is 0.0204. The molecule has 256 valence electrons. The number of hydrogen-bond donors (Lipinski definition) is 0. The molecule has 1 spiro atoms. The Bertz CT molecular complexity index is 2720. The fourth-order valence-corrected chi connectivity index (χ4v) is 13.4. The van der Waals surface area contributed by atoms with E-state index < -0.39 is 11.5 Å². The van der Waals surface area contributed by atoms with Crippen LogP contribution in [-0.4, -0.2) is 0 Å². The van der Waals surface area contributed by atoms with Gasteiger partial charge in [0.2, 0.25) is 0 Å². The first-order valence-electron chi connectivity index (χ1n) is 18.3. The average molecular weight is 729 g/mol. The Kier molecular flexibility index (Phi) is 6.91. The van der Waals surface area contributed by atoms with Crippen LogP contribution in [0.15, 0.2) is 200 Å². The van der Waals surface area contributed by atoms with E-state index in [1.165, 1.54) is 27.0 Å². The van der Waals surface area contributed by atoms with Crippen molar-refractivity contribution in [3.63, 3.8) is 0 Å². The van der Waals surface area contributed by atoms with E-state index in [2.05, 4.69) is 210 Å². The first kappa shape index (κ1) is 31.3. The Morgan fingerprint density at radius 3 is 1.48 bits per heavy atom. The van der Waals surface area contributed by atoms with Crippen LogP contribution in [-0.2, 0) is 17.2 Å². The minimum atomic E-state index is -2.44. The second-order valence-electron chi connectivity index (χ2n) is 14.0. The molecule has 0 radical (unpaired) electrons. The number of benzene rings is 8. The second kappa shape index (κ2) is 11.9. The van der Waals surface area contributed by atoms with Crippen LogP contribution in [0.25, 0.3) is 0 Å². The van der Waals surface area contributed by atoms with Crippen LogP contribution in [0.4, 0.5) is 34.1 Å². The number of anilines is 6. The van der Waals surface area contributed by atoms with E-state index in [0.29, 0.717) is 0 Å². The third kappa shape index (κ3) is 4.21. The molecule has 0 saturated carbocycles. The maximum atomic E-state index is 6.97. The number of rotatable bonds is 3. The molecular weight excluding hydrogens is 696 g/mol. The van der Waals surface area contributed by atoms with Crippen LogP contribution in [0.5, 0.6) is 11.5 Å². The summed E-state index contributed by atoms with van der Waals surface area (Å²) in [6, 6.07) is 69.6. The van der Waals surface area contributed by atoms with Crippen LogP contribution >= 0.6 is 6.04 Å². The Morgan fingerprint density at radius 2 is 0.852 bits per heavy atom. The maximum Gasteiger partial charge on any atom is 0.132 e. The first-order chi connectivity index (χ1) is 26.7. The van der Waals surface area contributed by atoms with E-state index in [9.17, 15) is 0 Å². The third-order valence-corrected chi connectivity index (χ3v) is 16.2. The van der Waals surface area contributed by atoms with Crippen molar-refractivity contribution < 1.29 is 4.74 Å². The van der Waals surface area contributed by atoms with Crippen molar-refractivity contribution in [3.8, 4) is 11.5 Å². The topological polar surface area (TPSA) is 15.7 Å². The summed E-state index contributed by atoms with van der Waals surface area (Å²) in [4.78, 5) is 4.86. The Labute approximate surface area is 320 Å². The van der Waals surface area contributed by atoms with Gasteiger partial charge >= 0.3 is 0 Å². The molecule has 1 atom stereocenters. The molecule has 54 heavy (non-hydrogen) atoms. The smallest absolute Gasteiger partial charge is 0.132 e. The van der Waals surface area contributed by atoms with Gasteiger partial charge in [-0.15, -0.1) is 0 Å². The lowest BCUT2D eigenvalue weighted by atomic mass is 9.61. The fourth-order valence-electron chi connectivity index (χ4n) is 9.15. The molecule has 0 amide bonds. The van der Waals surface area contributed by atoms with Gasteiger partial charge < -0.3 is 14.5 Å². The van der Waals surface area contributed by atoms with Gasteiger partial charge in [-0.25, -0.2) is 0 Å². The molecule has 0 fully saturated rings. The highest BCUT2D eigenvalue weighted by Crippen LogP contribution is 2.63.